The summed E-state index contributed by atoms with van der Waals surface area (Å²) in [7, 11) is 0. The van der Waals surface area contributed by atoms with Crippen molar-refractivity contribution in [1.29, 1.82) is 0 Å². The number of rotatable bonds is 3. The standard InChI is InChI=1S/C9H12F3NO4/c10-9(11,12)8(16)13-3-1-2-6(4-13)17-5-7(14)15/h6H,1-5H2,(H,14,15). The molecule has 1 saturated heterocycles. The Hall–Kier alpha value is -1.31. The van der Waals surface area contributed by atoms with Crippen LogP contribution in [0.15, 0.2) is 0 Å². The first-order valence-electron chi connectivity index (χ1n) is 5.00. The molecule has 0 spiro atoms. The zero-order valence-electron chi connectivity index (χ0n) is 8.87. The second kappa shape index (κ2) is 5.35. The van der Waals surface area contributed by atoms with E-state index in [0.29, 0.717) is 17.7 Å². The van der Waals surface area contributed by atoms with Gasteiger partial charge in [-0.25, -0.2) is 4.79 Å². The lowest BCUT2D eigenvalue weighted by Gasteiger charge is -2.32. The van der Waals surface area contributed by atoms with E-state index in [-0.39, 0.29) is 13.1 Å². The number of aliphatic carboxylic acids is 1. The van der Waals surface area contributed by atoms with E-state index >= 15 is 0 Å². The van der Waals surface area contributed by atoms with Crippen molar-refractivity contribution in [3.63, 3.8) is 0 Å². The molecule has 5 nitrogen and oxygen atoms in total. The molecule has 0 bridgehead atoms. The molecule has 0 aromatic carbocycles. The third-order valence-corrected chi connectivity index (χ3v) is 2.35. The van der Waals surface area contributed by atoms with Gasteiger partial charge in [0.15, 0.2) is 0 Å². The maximum Gasteiger partial charge on any atom is 0.471 e. The van der Waals surface area contributed by atoms with Crippen LogP contribution in [0.4, 0.5) is 13.2 Å². The summed E-state index contributed by atoms with van der Waals surface area (Å²) in [4.78, 5) is 21.8. The minimum atomic E-state index is -4.89. The maximum atomic E-state index is 12.1. The Balaban J connectivity index is 2.49. The molecule has 0 aromatic heterocycles. The number of ether oxygens (including phenoxy) is 1. The minimum absolute atomic E-state index is 0.0191. The van der Waals surface area contributed by atoms with Crippen LogP contribution in [-0.2, 0) is 14.3 Å². The molecule has 8 heteroatoms. The molecule has 1 unspecified atom stereocenters. The summed E-state index contributed by atoms with van der Waals surface area (Å²) in [6.45, 7) is -0.768. The number of amides is 1. The Morgan fingerprint density at radius 3 is 2.59 bits per heavy atom. The van der Waals surface area contributed by atoms with Crippen LogP contribution in [0, 0.1) is 0 Å². The van der Waals surface area contributed by atoms with E-state index in [2.05, 4.69) is 0 Å². The number of likely N-dealkylation sites (tertiary alicyclic amines) is 1. The van der Waals surface area contributed by atoms with Gasteiger partial charge in [-0.2, -0.15) is 13.2 Å². The lowest BCUT2D eigenvalue weighted by Crippen LogP contribution is -2.48. The molecule has 1 fully saturated rings. The molecule has 98 valence electrons. The zero-order chi connectivity index (χ0) is 13.1. The third kappa shape index (κ3) is 4.22. The third-order valence-electron chi connectivity index (χ3n) is 2.35. The van der Waals surface area contributed by atoms with E-state index in [1.54, 1.807) is 0 Å². The number of carboxylic acid groups (broad SMARTS) is 1. The molecule has 1 rings (SSSR count). The summed E-state index contributed by atoms with van der Waals surface area (Å²) in [5.41, 5.74) is 0. The molecule has 1 aliphatic rings. The first-order chi connectivity index (χ1) is 7.80. The lowest BCUT2D eigenvalue weighted by atomic mass is 10.1. The first kappa shape index (κ1) is 13.8. The van der Waals surface area contributed by atoms with Gasteiger partial charge < -0.3 is 14.7 Å². The van der Waals surface area contributed by atoms with Gasteiger partial charge in [0.05, 0.1) is 6.10 Å². The second-order valence-electron chi connectivity index (χ2n) is 3.72. The summed E-state index contributed by atoms with van der Waals surface area (Å²) in [6, 6.07) is 0. The minimum Gasteiger partial charge on any atom is -0.480 e. The normalized spacial score (nSPS) is 21.4. The van der Waals surface area contributed by atoms with E-state index in [1.807, 2.05) is 0 Å². The molecule has 1 atom stereocenters. The summed E-state index contributed by atoms with van der Waals surface area (Å²) in [5, 5.41) is 8.36. The molecule has 0 aromatic rings. The summed E-state index contributed by atoms with van der Waals surface area (Å²) in [6.07, 6.45) is -4.72. The van der Waals surface area contributed by atoms with Gasteiger partial charge in [-0.15, -0.1) is 0 Å². The monoisotopic (exact) mass is 255 g/mol. The van der Waals surface area contributed by atoms with Gasteiger partial charge >= 0.3 is 18.1 Å². The number of alkyl halides is 3. The van der Waals surface area contributed by atoms with Gasteiger partial charge in [0.25, 0.3) is 0 Å². The molecule has 1 heterocycles. The maximum absolute atomic E-state index is 12.1. The number of hydrogen-bond donors (Lipinski definition) is 1. The highest BCUT2D eigenvalue weighted by atomic mass is 19.4. The fraction of sp³-hybridized carbons (Fsp3) is 0.778. The average Bonchev–Trinajstić information content (AvgIpc) is 2.24. The summed E-state index contributed by atoms with van der Waals surface area (Å²) >= 11 is 0. The van der Waals surface area contributed by atoms with Crippen molar-refractivity contribution in [2.24, 2.45) is 0 Å². The molecule has 1 aliphatic heterocycles. The quantitative estimate of drug-likeness (QED) is 0.803. The van der Waals surface area contributed by atoms with Crippen LogP contribution in [-0.4, -0.2) is 53.9 Å². The van der Waals surface area contributed by atoms with Gasteiger partial charge in [0.1, 0.15) is 6.61 Å². The topological polar surface area (TPSA) is 66.8 Å². The zero-order valence-corrected chi connectivity index (χ0v) is 8.87. The molecular formula is C9H12F3NO4. The van der Waals surface area contributed by atoms with E-state index in [0.717, 1.165) is 0 Å². The predicted molar refractivity (Wildman–Crippen MR) is 49.2 cm³/mol. The van der Waals surface area contributed by atoms with E-state index < -0.39 is 30.8 Å². The SMILES string of the molecule is O=C(O)COC1CCCN(C(=O)C(F)(F)F)C1. The van der Waals surface area contributed by atoms with Gasteiger partial charge in [-0.3, -0.25) is 4.79 Å². The van der Waals surface area contributed by atoms with Crippen LogP contribution in [0.5, 0.6) is 0 Å². The van der Waals surface area contributed by atoms with Crippen molar-refractivity contribution in [3.05, 3.63) is 0 Å². The Morgan fingerprint density at radius 1 is 1.41 bits per heavy atom. The fourth-order valence-electron chi connectivity index (χ4n) is 1.63. The van der Waals surface area contributed by atoms with Crippen LogP contribution < -0.4 is 0 Å². The highest BCUT2D eigenvalue weighted by molar-refractivity contribution is 5.82. The summed E-state index contributed by atoms with van der Waals surface area (Å²) < 4.78 is 41.3. The molecule has 0 aliphatic carbocycles. The van der Waals surface area contributed by atoms with E-state index in [9.17, 15) is 22.8 Å². The van der Waals surface area contributed by atoms with Crippen molar-refractivity contribution in [2.45, 2.75) is 25.1 Å². The van der Waals surface area contributed by atoms with Crippen molar-refractivity contribution in [1.82, 2.24) is 4.90 Å². The number of carboxylic acids is 1. The smallest absolute Gasteiger partial charge is 0.471 e. The lowest BCUT2D eigenvalue weighted by molar-refractivity contribution is -0.188. The predicted octanol–water partition coefficient (Wildman–Crippen LogP) is 0.641. The van der Waals surface area contributed by atoms with E-state index in [4.69, 9.17) is 9.84 Å². The van der Waals surface area contributed by atoms with Crippen LogP contribution in [0.2, 0.25) is 0 Å². The Labute approximate surface area is 95.1 Å². The van der Waals surface area contributed by atoms with Crippen LogP contribution in [0.1, 0.15) is 12.8 Å². The average molecular weight is 255 g/mol. The number of halogens is 3. The molecule has 0 saturated carbocycles. The van der Waals surface area contributed by atoms with Crippen molar-refractivity contribution >= 4 is 11.9 Å². The van der Waals surface area contributed by atoms with Crippen molar-refractivity contribution < 1.29 is 32.6 Å². The molecule has 0 radical (unpaired) electrons. The number of carbonyl (C=O) groups is 2. The molecule has 1 N–H and O–H groups in total. The second-order valence-corrected chi connectivity index (χ2v) is 3.72. The number of piperidine rings is 1. The number of carbonyl (C=O) groups excluding carboxylic acids is 1. The Bertz CT molecular complexity index is 305. The molecular weight excluding hydrogens is 243 g/mol. The highest BCUT2D eigenvalue weighted by Gasteiger charge is 2.43. The number of hydrogen-bond acceptors (Lipinski definition) is 3. The first-order valence-corrected chi connectivity index (χ1v) is 5.00. The Morgan fingerprint density at radius 2 is 2.06 bits per heavy atom. The molecule has 1 amide bonds. The summed E-state index contributed by atoms with van der Waals surface area (Å²) in [5.74, 6) is -3.09. The van der Waals surface area contributed by atoms with Gasteiger partial charge in [-0.1, -0.05) is 0 Å². The van der Waals surface area contributed by atoms with Crippen molar-refractivity contribution in [2.75, 3.05) is 19.7 Å². The largest absolute Gasteiger partial charge is 0.480 e. The van der Waals surface area contributed by atoms with Crippen LogP contribution >= 0.6 is 0 Å². The van der Waals surface area contributed by atoms with Gasteiger partial charge in [0.2, 0.25) is 0 Å². The van der Waals surface area contributed by atoms with Crippen LogP contribution in [0.3, 0.4) is 0 Å². The molecule has 17 heavy (non-hydrogen) atoms. The van der Waals surface area contributed by atoms with Gasteiger partial charge in [-0.05, 0) is 12.8 Å². The highest BCUT2D eigenvalue weighted by Crippen LogP contribution is 2.22. The van der Waals surface area contributed by atoms with Crippen molar-refractivity contribution in [3.8, 4) is 0 Å². The number of nitrogens with zero attached hydrogens (tertiary/aromatic N) is 1. The van der Waals surface area contributed by atoms with Crippen LogP contribution in [0.25, 0.3) is 0 Å². The fourth-order valence-corrected chi connectivity index (χ4v) is 1.63. The van der Waals surface area contributed by atoms with Gasteiger partial charge in [0, 0.05) is 13.1 Å². The van der Waals surface area contributed by atoms with E-state index in [1.165, 1.54) is 0 Å². The Kier molecular flexibility index (Phi) is 4.33.